The molecule has 0 aliphatic carbocycles. The van der Waals surface area contributed by atoms with Gasteiger partial charge in [0.15, 0.2) is 0 Å². The standard InChI is InChI=1S/C29H41BrO3/c1-2-3-4-5-6-7-8-9-10-11-12-13-14-15-24-32-29(31)23-21-27-20-22-28(33-27)25-16-18-26(30)19-17-25/h16-23H,2-15,24H2,1H3. The van der Waals surface area contributed by atoms with E-state index in [2.05, 4.69) is 22.9 Å². The van der Waals surface area contributed by atoms with Gasteiger partial charge in [-0.05, 0) is 36.8 Å². The molecule has 33 heavy (non-hydrogen) atoms. The molecule has 0 amide bonds. The highest BCUT2D eigenvalue weighted by atomic mass is 79.9. The third-order valence-corrected chi connectivity index (χ3v) is 6.41. The first-order valence-electron chi connectivity index (χ1n) is 12.9. The SMILES string of the molecule is CCCCCCCCCCCCCCCCOC(=O)C=Cc1ccc(-c2ccc(Br)cc2)o1. The van der Waals surface area contributed by atoms with Gasteiger partial charge >= 0.3 is 5.97 Å². The number of rotatable bonds is 18. The Morgan fingerprint density at radius 2 is 1.33 bits per heavy atom. The van der Waals surface area contributed by atoms with Crippen LogP contribution in [0.5, 0.6) is 0 Å². The van der Waals surface area contributed by atoms with Crippen molar-refractivity contribution in [2.45, 2.75) is 96.8 Å². The van der Waals surface area contributed by atoms with Crippen molar-refractivity contribution in [1.82, 2.24) is 0 Å². The van der Waals surface area contributed by atoms with Gasteiger partial charge in [-0.3, -0.25) is 0 Å². The Morgan fingerprint density at radius 1 is 0.788 bits per heavy atom. The van der Waals surface area contributed by atoms with E-state index in [9.17, 15) is 4.79 Å². The van der Waals surface area contributed by atoms with Gasteiger partial charge in [0, 0.05) is 16.1 Å². The summed E-state index contributed by atoms with van der Waals surface area (Å²) in [7, 11) is 0. The van der Waals surface area contributed by atoms with Crippen LogP contribution >= 0.6 is 15.9 Å². The summed E-state index contributed by atoms with van der Waals surface area (Å²) in [6.07, 6.45) is 21.6. The molecule has 0 spiro atoms. The molecule has 2 rings (SSSR count). The average molecular weight is 518 g/mol. The number of carbonyl (C=O) groups is 1. The van der Waals surface area contributed by atoms with Crippen molar-refractivity contribution >= 4 is 28.0 Å². The molecule has 0 N–H and O–H groups in total. The summed E-state index contributed by atoms with van der Waals surface area (Å²) >= 11 is 3.43. The van der Waals surface area contributed by atoms with E-state index in [1.165, 1.54) is 83.1 Å². The number of benzene rings is 1. The van der Waals surface area contributed by atoms with Crippen LogP contribution in [0.1, 0.15) is 103 Å². The number of esters is 1. The van der Waals surface area contributed by atoms with Crippen molar-refractivity contribution in [3.05, 3.63) is 52.7 Å². The smallest absolute Gasteiger partial charge is 0.330 e. The van der Waals surface area contributed by atoms with Crippen molar-refractivity contribution in [1.29, 1.82) is 0 Å². The van der Waals surface area contributed by atoms with E-state index < -0.39 is 0 Å². The minimum atomic E-state index is -0.314. The molecule has 0 fully saturated rings. The zero-order valence-electron chi connectivity index (χ0n) is 20.3. The van der Waals surface area contributed by atoms with E-state index in [1.807, 2.05) is 36.4 Å². The fourth-order valence-corrected chi connectivity index (χ4v) is 4.14. The number of unbranched alkanes of at least 4 members (excludes halogenated alkanes) is 13. The second-order valence-electron chi connectivity index (χ2n) is 8.81. The average Bonchev–Trinajstić information content (AvgIpc) is 3.30. The second-order valence-corrected chi connectivity index (χ2v) is 9.72. The molecule has 0 saturated heterocycles. The van der Waals surface area contributed by atoms with Crippen LogP contribution in [0.25, 0.3) is 17.4 Å². The van der Waals surface area contributed by atoms with Gasteiger partial charge < -0.3 is 9.15 Å². The molecule has 0 radical (unpaired) electrons. The van der Waals surface area contributed by atoms with Gasteiger partial charge in [-0.25, -0.2) is 4.79 Å². The lowest BCUT2D eigenvalue weighted by Gasteiger charge is -2.04. The Labute approximate surface area is 209 Å². The fourth-order valence-electron chi connectivity index (χ4n) is 3.88. The van der Waals surface area contributed by atoms with Gasteiger partial charge in [0.25, 0.3) is 0 Å². The van der Waals surface area contributed by atoms with E-state index in [4.69, 9.17) is 9.15 Å². The summed E-state index contributed by atoms with van der Waals surface area (Å²) in [5, 5.41) is 0. The van der Waals surface area contributed by atoms with Crippen LogP contribution in [-0.4, -0.2) is 12.6 Å². The van der Waals surface area contributed by atoms with Crippen LogP contribution in [0.15, 0.2) is 51.4 Å². The predicted octanol–water partition coefficient (Wildman–Crippen LogP) is 9.75. The highest BCUT2D eigenvalue weighted by Gasteiger charge is 2.04. The summed E-state index contributed by atoms with van der Waals surface area (Å²) in [5.74, 6) is 1.10. The van der Waals surface area contributed by atoms with E-state index in [1.54, 1.807) is 6.08 Å². The van der Waals surface area contributed by atoms with Crippen molar-refractivity contribution in [3.63, 3.8) is 0 Å². The summed E-state index contributed by atoms with van der Waals surface area (Å²) in [4.78, 5) is 11.9. The molecule has 4 heteroatoms. The first-order valence-corrected chi connectivity index (χ1v) is 13.7. The van der Waals surface area contributed by atoms with E-state index in [0.717, 1.165) is 28.6 Å². The van der Waals surface area contributed by atoms with Crippen molar-refractivity contribution < 1.29 is 13.9 Å². The normalized spacial score (nSPS) is 11.3. The Hall–Kier alpha value is -1.81. The minimum Gasteiger partial charge on any atom is -0.463 e. The van der Waals surface area contributed by atoms with Crippen LogP contribution < -0.4 is 0 Å². The molecule has 0 aliphatic rings. The molecule has 0 bridgehead atoms. The zero-order valence-corrected chi connectivity index (χ0v) is 21.9. The monoisotopic (exact) mass is 516 g/mol. The van der Waals surface area contributed by atoms with Gasteiger partial charge in [0.2, 0.25) is 0 Å². The highest BCUT2D eigenvalue weighted by molar-refractivity contribution is 9.10. The molecule has 1 aromatic heterocycles. The number of hydrogen-bond acceptors (Lipinski definition) is 3. The summed E-state index contributed by atoms with van der Waals surface area (Å²) in [6, 6.07) is 11.7. The highest BCUT2D eigenvalue weighted by Crippen LogP contribution is 2.24. The summed E-state index contributed by atoms with van der Waals surface area (Å²) in [6.45, 7) is 2.76. The van der Waals surface area contributed by atoms with Gasteiger partial charge in [-0.1, -0.05) is 118 Å². The maximum atomic E-state index is 11.9. The molecule has 0 unspecified atom stereocenters. The molecule has 3 nitrogen and oxygen atoms in total. The zero-order chi connectivity index (χ0) is 23.6. The van der Waals surface area contributed by atoms with Gasteiger partial charge in [0.1, 0.15) is 11.5 Å². The first-order chi connectivity index (χ1) is 16.2. The third kappa shape index (κ3) is 12.9. The lowest BCUT2D eigenvalue weighted by atomic mass is 10.0. The number of carbonyl (C=O) groups excluding carboxylic acids is 1. The minimum absolute atomic E-state index is 0.314. The van der Waals surface area contributed by atoms with Crippen molar-refractivity contribution in [2.24, 2.45) is 0 Å². The Balaban J connectivity index is 1.44. The van der Waals surface area contributed by atoms with Gasteiger partial charge in [0.05, 0.1) is 6.61 Å². The van der Waals surface area contributed by atoms with Crippen LogP contribution in [-0.2, 0) is 9.53 Å². The number of halogens is 1. The largest absolute Gasteiger partial charge is 0.463 e. The Morgan fingerprint density at radius 3 is 1.91 bits per heavy atom. The van der Waals surface area contributed by atoms with Crippen LogP contribution in [0, 0.1) is 0 Å². The number of hydrogen-bond donors (Lipinski definition) is 0. The van der Waals surface area contributed by atoms with E-state index in [-0.39, 0.29) is 5.97 Å². The molecule has 0 saturated carbocycles. The molecule has 1 aromatic carbocycles. The van der Waals surface area contributed by atoms with Crippen LogP contribution in [0.2, 0.25) is 0 Å². The molecular weight excluding hydrogens is 476 g/mol. The quantitative estimate of drug-likeness (QED) is 0.112. The lowest BCUT2D eigenvalue weighted by molar-refractivity contribution is -0.137. The molecule has 0 aliphatic heterocycles. The molecule has 0 atom stereocenters. The second kappa shape index (κ2) is 17.6. The Bertz CT molecular complexity index is 791. The maximum absolute atomic E-state index is 11.9. The topological polar surface area (TPSA) is 39.4 Å². The summed E-state index contributed by atoms with van der Waals surface area (Å²) in [5.41, 5.74) is 0.998. The van der Waals surface area contributed by atoms with E-state index >= 15 is 0 Å². The lowest BCUT2D eigenvalue weighted by Crippen LogP contribution is -2.02. The fraction of sp³-hybridized carbons (Fsp3) is 0.552. The van der Waals surface area contributed by atoms with Crippen molar-refractivity contribution in [3.8, 4) is 11.3 Å². The molecule has 1 heterocycles. The predicted molar refractivity (Wildman–Crippen MR) is 142 cm³/mol. The van der Waals surface area contributed by atoms with Gasteiger partial charge in [-0.15, -0.1) is 0 Å². The molecule has 182 valence electrons. The Kier molecular flexibility index (Phi) is 14.7. The van der Waals surface area contributed by atoms with E-state index in [0.29, 0.717) is 12.4 Å². The maximum Gasteiger partial charge on any atom is 0.330 e. The summed E-state index contributed by atoms with van der Waals surface area (Å²) < 4.78 is 12.1. The molecule has 2 aromatic rings. The van der Waals surface area contributed by atoms with Crippen LogP contribution in [0.4, 0.5) is 0 Å². The van der Waals surface area contributed by atoms with Crippen molar-refractivity contribution in [2.75, 3.05) is 6.61 Å². The van der Waals surface area contributed by atoms with Crippen LogP contribution in [0.3, 0.4) is 0 Å². The molecular formula is C29H41BrO3. The first kappa shape index (κ1) is 27.4. The third-order valence-electron chi connectivity index (χ3n) is 5.88. The van der Waals surface area contributed by atoms with Gasteiger partial charge in [-0.2, -0.15) is 0 Å². The number of furan rings is 1. The number of ether oxygens (including phenoxy) is 1.